The second-order valence-electron chi connectivity index (χ2n) is 4.88. The minimum Gasteiger partial charge on any atom is -0.497 e. The lowest BCUT2D eigenvalue weighted by Gasteiger charge is -2.14. The number of ether oxygens (including phenoxy) is 1. The molecule has 1 aromatic carbocycles. The average Bonchev–Trinajstić information content (AvgIpc) is 2.53. The monoisotopic (exact) mass is 302 g/mol. The molecule has 3 nitrogen and oxygen atoms in total. The molecule has 0 bridgehead atoms. The van der Waals surface area contributed by atoms with Crippen LogP contribution >= 0.6 is 11.8 Å². The van der Waals surface area contributed by atoms with Gasteiger partial charge in [0.25, 0.3) is 0 Å². The Hall–Kier alpha value is -1.52. The molecule has 1 unspecified atom stereocenters. The molecule has 0 spiro atoms. The highest BCUT2D eigenvalue weighted by Gasteiger charge is 2.06. The van der Waals surface area contributed by atoms with Crippen molar-refractivity contribution < 1.29 is 4.74 Å². The Bertz CT molecular complexity index is 557. The summed E-state index contributed by atoms with van der Waals surface area (Å²) in [6, 6.07) is 12.6. The molecule has 21 heavy (non-hydrogen) atoms. The summed E-state index contributed by atoms with van der Waals surface area (Å²) in [5.41, 5.74) is 1.27. The van der Waals surface area contributed by atoms with Gasteiger partial charge in [0.15, 0.2) is 0 Å². The Labute approximate surface area is 131 Å². The largest absolute Gasteiger partial charge is 0.497 e. The molecule has 2 aromatic rings. The Kier molecular flexibility index (Phi) is 6.08. The van der Waals surface area contributed by atoms with Gasteiger partial charge in [-0.1, -0.05) is 18.7 Å². The van der Waals surface area contributed by atoms with Crippen LogP contribution in [0.5, 0.6) is 5.75 Å². The van der Waals surface area contributed by atoms with Crippen molar-refractivity contribution in [2.24, 2.45) is 0 Å². The van der Waals surface area contributed by atoms with Crippen LogP contribution in [0.25, 0.3) is 0 Å². The topological polar surface area (TPSA) is 34.2 Å². The smallest absolute Gasteiger partial charge is 0.118 e. The van der Waals surface area contributed by atoms with Crippen LogP contribution in [0.4, 0.5) is 0 Å². The summed E-state index contributed by atoms with van der Waals surface area (Å²) < 4.78 is 5.17. The molecule has 0 aliphatic carbocycles. The van der Waals surface area contributed by atoms with Crippen molar-refractivity contribution in [1.82, 2.24) is 10.3 Å². The fourth-order valence-electron chi connectivity index (χ4n) is 1.99. The summed E-state index contributed by atoms with van der Waals surface area (Å²) in [6.07, 6.45) is 3.02. The lowest BCUT2D eigenvalue weighted by Crippen LogP contribution is -2.19. The third-order valence-electron chi connectivity index (χ3n) is 3.24. The molecule has 0 fully saturated rings. The molecule has 0 radical (unpaired) electrons. The normalized spacial score (nSPS) is 12.1. The molecule has 1 heterocycles. The van der Waals surface area contributed by atoms with E-state index in [9.17, 15) is 0 Å². The van der Waals surface area contributed by atoms with E-state index in [4.69, 9.17) is 4.74 Å². The van der Waals surface area contributed by atoms with Crippen LogP contribution in [0.3, 0.4) is 0 Å². The van der Waals surface area contributed by atoms with Crippen molar-refractivity contribution in [3.05, 3.63) is 48.2 Å². The summed E-state index contributed by atoms with van der Waals surface area (Å²) in [5.74, 6) is 0.874. The van der Waals surface area contributed by atoms with Crippen LogP contribution in [0, 0.1) is 0 Å². The number of pyridine rings is 1. The number of benzene rings is 1. The highest BCUT2D eigenvalue weighted by Crippen LogP contribution is 2.28. The van der Waals surface area contributed by atoms with E-state index < -0.39 is 0 Å². The molecule has 0 amide bonds. The number of nitrogens with one attached hydrogen (secondary N) is 1. The second kappa shape index (κ2) is 8.05. The first kappa shape index (κ1) is 15.9. The minimum atomic E-state index is 0.350. The van der Waals surface area contributed by atoms with Gasteiger partial charge < -0.3 is 10.1 Å². The van der Waals surface area contributed by atoms with Gasteiger partial charge in [0.2, 0.25) is 0 Å². The highest BCUT2D eigenvalue weighted by atomic mass is 32.2. The Morgan fingerprint density at radius 1 is 1.24 bits per heavy atom. The van der Waals surface area contributed by atoms with Crippen LogP contribution in [-0.4, -0.2) is 18.6 Å². The molecule has 0 aliphatic heterocycles. The predicted octanol–water partition coefficient (Wildman–Crippen LogP) is 4.30. The first-order chi connectivity index (χ1) is 10.2. The zero-order valence-electron chi connectivity index (χ0n) is 12.8. The quantitative estimate of drug-likeness (QED) is 0.827. The van der Waals surface area contributed by atoms with Gasteiger partial charge in [0.1, 0.15) is 10.8 Å². The van der Waals surface area contributed by atoms with Crippen molar-refractivity contribution in [2.45, 2.75) is 36.2 Å². The first-order valence-electron chi connectivity index (χ1n) is 7.24. The molecular formula is C17H22N2OS. The number of rotatable bonds is 7. The van der Waals surface area contributed by atoms with E-state index >= 15 is 0 Å². The zero-order valence-corrected chi connectivity index (χ0v) is 13.6. The summed E-state index contributed by atoms with van der Waals surface area (Å²) in [5, 5.41) is 4.52. The Balaban J connectivity index is 2.06. The highest BCUT2D eigenvalue weighted by molar-refractivity contribution is 7.99. The van der Waals surface area contributed by atoms with Gasteiger partial charge in [-0.2, -0.15) is 0 Å². The standard InChI is InChI=1S/C17H22N2OS/c1-4-10-18-13(2)14-9-11-19-17(12-14)21-16-7-5-15(20-3)6-8-16/h5-9,11-13,18H,4,10H2,1-3H3. The number of nitrogens with zero attached hydrogens (tertiary/aromatic N) is 1. The van der Waals surface area contributed by atoms with Gasteiger partial charge in [-0.05, 0) is 61.9 Å². The Morgan fingerprint density at radius 2 is 2.00 bits per heavy atom. The van der Waals surface area contributed by atoms with Crippen LogP contribution in [0.2, 0.25) is 0 Å². The number of hydrogen-bond donors (Lipinski definition) is 1. The summed E-state index contributed by atoms with van der Waals surface area (Å²) in [4.78, 5) is 5.61. The van der Waals surface area contributed by atoms with Gasteiger partial charge in [-0.15, -0.1) is 0 Å². The summed E-state index contributed by atoms with van der Waals surface area (Å²) in [7, 11) is 1.68. The van der Waals surface area contributed by atoms with Gasteiger partial charge in [0, 0.05) is 17.1 Å². The second-order valence-corrected chi connectivity index (χ2v) is 5.97. The molecule has 4 heteroatoms. The molecule has 0 saturated heterocycles. The fourth-order valence-corrected chi connectivity index (χ4v) is 2.82. The molecular weight excluding hydrogens is 280 g/mol. The van der Waals surface area contributed by atoms with Gasteiger partial charge in [0.05, 0.1) is 7.11 Å². The SMILES string of the molecule is CCCNC(C)c1ccnc(Sc2ccc(OC)cc2)c1. The van der Waals surface area contributed by atoms with Crippen LogP contribution in [-0.2, 0) is 0 Å². The molecule has 1 atom stereocenters. The van der Waals surface area contributed by atoms with E-state index in [0.717, 1.165) is 28.6 Å². The van der Waals surface area contributed by atoms with Crippen LogP contribution < -0.4 is 10.1 Å². The zero-order chi connectivity index (χ0) is 15.1. The van der Waals surface area contributed by atoms with Crippen LogP contribution in [0.15, 0.2) is 52.5 Å². The minimum absolute atomic E-state index is 0.350. The summed E-state index contributed by atoms with van der Waals surface area (Å²) in [6.45, 7) is 5.40. The first-order valence-corrected chi connectivity index (χ1v) is 8.06. The number of methoxy groups -OCH3 is 1. The molecule has 0 saturated carbocycles. The van der Waals surface area contributed by atoms with Crippen molar-refractivity contribution >= 4 is 11.8 Å². The van der Waals surface area contributed by atoms with E-state index in [-0.39, 0.29) is 0 Å². The van der Waals surface area contributed by atoms with Crippen molar-refractivity contribution in [3.8, 4) is 5.75 Å². The van der Waals surface area contributed by atoms with E-state index in [1.807, 2.05) is 18.3 Å². The van der Waals surface area contributed by atoms with E-state index in [1.54, 1.807) is 18.9 Å². The van der Waals surface area contributed by atoms with Crippen LogP contribution in [0.1, 0.15) is 31.9 Å². The fraction of sp³-hybridized carbons (Fsp3) is 0.353. The van der Waals surface area contributed by atoms with Crippen molar-refractivity contribution in [1.29, 1.82) is 0 Å². The molecule has 1 aromatic heterocycles. The average molecular weight is 302 g/mol. The lowest BCUT2D eigenvalue weighted by atomic mass is 10.1. The third-order valence-corrected chi connectivity index (χ3v) is 4.18. The summed E-state index contributed by atoms with van der Waals surface area (Å²) >= 11 is 1.67. The van der Waals surface area contributed by atoms with Gasteiger partial charge in [-0.25, -0.2) is 4.98 Å². The van der Waals surface area contributed by atoms with E-state index in [0.29, 0.717) is 6.04 Å². The molecule has 2 rings (SSSR count). The molecule has 1 N–H and O–H groups in total. The Morgan fingerprint density at radius 3 is 2.67 bits per heavy atom. The third kappa shape index (κ3) is 4.76. The number of hydrogen-bond acceptors (Lipinski definition) is 4. The maximum Gasteiger partial charge on any atom is 0.118 e. The lowest BCUT2D eigenvalue weighted by molar-refractivity contribution is 0.414. The van der Waals surface area contributed by atoms with Gasteiger partial charge >= 0.3 is 0 Å². The number of aromatic nitrogens is 1. The maximum atomic E-state index is 5.17. The predicted molar refractivity (Wildman–Crippen MR) is 88.1 cm³/mol. The van der Waals surface area contributed by atoms with Gasteiger partial charge in [-0.3, -0.25) is 0 Å². The van der Waals surface area contributed by atoms with Crippen molar-refractivity contribution in [3.63, 3.8) is 0 Å². The maximum absolute atomic E-state index is 5.17. The molecule has 0 aliphatic rings. The van der Waals surface area contributed by atoms with Crippen molar-refractivity contribution in [2.75, 3.05) is 13.7 Å². The molecule has 112 valence electrons. The van der Waals surface area contributed by atoms with E-state index in [1.165, 1.54) is 5.56 Å². The van der Waals surface area contributed by atoms with E-state index in [2.05, 4.69) is 48.4 Å².